The third-order valence-corrected chi connectivity index (χ3v) is 2.69. The van der Waals surface area contributed by atoms with Crippen LogP contribution in [0.25, 0.3) is 0 Å². The van der Waals surface area contributed by atoms with Gasteiger partial charge in [-0.2, -0.15) is 0 Å². The number of hydrogen-bond donors (Lipinski definition) is 0. The number of carbonyl (C=O) groups is 3. The molecule has 0 aliphatic carbocycles. The Balaban J connectivity index is 2.75. The molecule has 0 N–H and O–H groups in total. The van der Waals surface area contributed by atoms with Crippen molar-refractivity contribution in [3.05, 3.63) is 21.9 Å². The van der Waals surface area contributed by atoms with Crippen molar-refractivity contribution >= 4 is 29.4 Å². The molecule has 4 nitrogen and oxygen atoms in total. The van der Waals surface area contributed by atoms with E-state index in [0.717, 1.165) is 11.3 Å². The van der Waals surface area contributed by atoms with Crippen molar-refractivity contribution in [2.45, 2.75) is 13.3 Å². The number of Topliss-reactive ketones (excluding diaryl/α,β-unsaturated/α-hetero) is 1. The van der Waals surface area contributed by atoms with E-state index in [2.05, 4.69) is 16.6 Å². The van der Waals surface area contributed by atoms with Crippen molar-refractivity contribution in [3.8, 4) is 11.8 Å². The van der Waals surface area contributed by atoms with Crippen LogP contribution in [-0.4, -0.2) is 24.6 Å². The summed E-state index contributed by atoms with van der Waals surface area (Å²) in [5, 5.41) is 0. The van der Waals surface area contributed by atoms with E-state index in [4.69, 9.17) is 0 Å². The molecule has 0 atom stereocenters. The van der Waals surface area contributed by atoms with Crippen LogP contribution in [0.1, 0.15) is 27.9 Å². The molecule has 0 aliphatic heterocycles. The van der Waals surface area contributed by atoms with Crippen molar-refractivity contribution in [2.75, 3.05) is 6.61 Å². The lowest BCUT2D eigenvalue weighted by Crippen LogP contribution is -2.16. The number of aldehydes is 1. The average Bonchev–Trinajstić information content (AvgIpc) is 2.77. The van der Waals surface area contributed by atoms with Crippen molar-refractivity contribution in [2.24, 2.45) is 0 Å². The number of esters is 1. The Morgan fingerprint density at radius 3 is 2.88 bits per heavy atom. The quantitative estimate of drug-likeness (QED) is 0.267. The van der Waals surface area contributed by atoms with Crippen molar-refractivity contribution < 1.29 is 19.1 Å². The minimum absolute atomic E-state index is 0.152. The van der Waals surface area contributed by atoms with Crippen LogP contribution in [0, 0.1) is 11.8 Å². The van der Waals surface area contributed by atoms with E-state index in [1.54, 1.807) is 13.0 Å². The van der Waals surface area contributed by atoms with Crippen LogP contribution in [0.15, 0.2) is 12.1 Å². The van der Waals surface area contributed by atoms with E-state index in [1.165, 1.54) is 6.07 Å². The fourth-order valence-electron chi connectivity index (χ4n) is 1.00. The van der Waals surface area contributed by atoms with Gasteiger partial charge in [0.15, 0.2) is 0 Å². The van der Waals surface area contributed by atoms with Gasteiger partial charge in [-0.15, -0.1) is 11.3 Å². The van der Waals surface area contributed by atoms with Crippen LogP contribution >= 0.6 is 11.3 Å². The summed E-state index contributed by atoms with van der Waals surface area (Å²) in [4.78, 5) is 33.7. The van der Waals surface area contributed by atoms with Crippen LogP contribution in [0.2, 0.25) is 0 Å². The SMILES string of the molecule is CCOC(=O)C(=O)c1ccc(C#CCC=O)s1. The molecule has 1 aromatic rings. The monoisotopic (exact) mass is 250 g/mol. The second-order valence-electron chi connectivity index (χ2n) is 2.89. The molecule has 17 heavy (non-hydrogen) atoms. The van der Waals surface area contributed by atoms with Crippen molar-refractivity contribution in [1.29, 1.82) is 0 Å². The first-order valence-electron chi connectivity index (χ1n) is 4.92. The maximum Gasteiger partial charge on any atom is 0.380 e. The van der Waals surface area contributed by atoms with Crippen molar-refractivity contribution in [3.63, 3.8) is 0 Å². The zero-order valence-electron chi connectivity index (χ0n) is 9.19. The zero-order chi connectivity index (χ0) is 12.7. The van der Waals surface area contributed by atoms with Crippen LogP contribution in [-0.2, 0) is 14.3 Å². The molecule has 0 aliphatic rings. The Kier molecular flexibility index (Phi) is 5.11. The van der Waals surface area contributed by atoms with Gasteiger partial charge in [-0.3, -0.25) is 4.79 Å². The number of carbonyl (C=O) groups excluding carboxylic acids is 3. The minimum atomic E-state index is -0.859. The molecule has 0 radical (unpaired) electrons. The Morgan fingerprint density at radius 2 is 2.24 bits per heavy atom. The van der Waals surface area contributed by atoms with E-state index in [0.29, 0.717) is 16.0 Å². The highest BCUT2D eigenvalue weighted by molar-refractivity contribution is 7.15. The lowest BCUT2D eigenvalue weighted by atomic mass is 10.3. The molecule has 0 fully saturated rings. The second kappa shape index (κ2) is 6.61. The lowest BCUT2D eigenvalue weighted by Gasteiger charge is -1.96. The molecule has 0 unspecified atom stereocenters. The molecule has 0 amide bonds. The van der Waals surface area contributed by atoms with Gasteiger partial charge in [0.1, 0.15) is 6.29 Å². The fraction of sp³-hybridized carbons (Fsp3) is 0.250. The number of rotatable bonds is 4. The van der Waals surface area contributed by atoms with Gasteiger partial charge < -0.3 is 9.53 Å². The smallest absolute Gasteiger partial charge is 0.380 e. The predicted molar refractivity (Wildman–Crippen MR) is 62.8 cm³/mol. The van der Waals surface area contributed by atoms with Gasteiger partial charge in [0.05, 0.1) is 22.8 Å². The minimum Gasteiger partial charge on any atom is -0.460 e. The Bertz CT molecular complexity index is 490. The highest BCUT2D eigenvalue weighted by Gasteiger charge is 2.18. The molecule has 0 bridgehead atoms. The summed E-state index contributed by atoms with van der Waals surface area (Å²) in [6, 6.07) is 3.16. The van der Waals surface area contributed by atoms with E-state index < -0.39 is 11.8 Å². The fourth-order valence-corrected chi connectivity index (χ4v) is 1.81. The van der Waals surface area contributed by atoms with Gasteiger partial charge >= 0.3 is 5.97 Å². The molecule has 1 aromatic heterocycles. The van der Waals surface area contributed by atoms with E-state index in [9.17, 15) is 14.4 Å². The number of ether oxygens (including phenoxy) is 1. The predicted octanol–water partition coefficient (Wildman–Crippen LogP) is 1.43. The van der Waals surface area contributed by atoms with Gasteiger partial charge in [0.2, 0.25) is 0 Å². The standard InChI is InChI=1S/C12H10O4S/c1-2-16-12(15)11(14)10-7-6-9(17-10)5-3-4-8-13/h6-8H,2,4H2,1H3. The van der Waals surface area contributed by atoms with Gasteiger partial charge in [0, 0.05) is 0 Å². The largest absolute Gasteiger partial charge is 0.460 e. The normalized spacial score (nSPS) is 9.00. The van der Waals surface area contributed by atoms with Crippen LogP contribution in [0.4, 0.5) is 0 Å². The van der Waals surface area contributed by atoms with Gasteiger partial charge in [-0.05, 0) is 19.1 Å². The Labute approximate surface area is 103 Å². The molecule has 88 valence electrons. The highest BCUT2D eigenvalue weighted by Crippen LogP contribution is 2.16. The summed E-state index contributed by atoms with van der Waals surface area (Å²) in [6.07, 6.45) is 0.852. The van der Waals surface area contributed by atoms with Gasteiger partial charge in [0.25, 0.3) is 5.78 Å². The van der Waals surface area contributed by atoms with E-state index in [1.807, 2.05) is 0 Å². The molecule has 1 rings (SSSR count). The topological polar surface area (TPSA) is 60.4 Å². The molecular formula is C12H10O4S. The molecule has 0 saturated heterocycles. The summed E-state index contributed by atoms with van der Waals surface area (Å²) < 4.78 is 4.60. The molecule has 5 heteroatoms. The molecule has 0 aromatic carbocycles. The first kappa shape index (κ1) is 13.1. The first-order valence-corrected chi connectivity index (χ1v) is 5.74. The maximum atomic E-state index is 11.5. The molecule has 0 spiro atoms. The first-order chi connectivity index (χ1) is 8.19. The van der Waals surface area contributed by atoms with Crippen molar-refractivity contribution in [1.82, 2.24) is 0 Å². The summed E-state index contributed by atoms with van der Waals surface area (Å²) >= 11 is 1.11. The van der Waals surface area contributed by atoms with E-state index in [-0.39, 0.29) is 13.0 Å². The molecule has 1 heterocycles. The summed E-state index contributed by atoms with van der Waals surface area (Å²) in [6.45, 7) is 1.80. The number of hydrogen-bond acceptors (Lipinski definition) is 5. The van der Waals surface area contributed by atoms with Crippen LogP contribution < -0.4 is 0 Å². The summed E-state index contributed by atoms with van der Waals surface area (Å²) in [5.74, 6) is 3.82. The lowest BCUT2D eigenvalue weighted by molar-refractivity contribution is -0.137. The number of thiophene rings is 1. The summed E-state index contributed by atoms with van der Waals surface area (Å²) in [7, 11) is 0. The third kappa shape index (κ3) is 3.85. The third-order valence-electron chi connectivity index (χ3n) is 1.69. The molecule has 0 saturated carbocycles. The van der Waals surface area contributed by atoms with Crippen LogP contribution in [0.3, 0.4) is 0 Å². The highest BCUT2D eigenvalue weighted by atomic mass is 32.1. The Morgan fingerprint density at radius 1 is 1.47 bits per heavy atom. The van der Waals surface area contributed by atoms with E-state index >= 15 is 0 Å². The second-order valence-corrected chi connectivity index (χ2v) is 3.97. The zero-order valence-corrected chi connectivity index (χ0v) is 10.0. The summed E-state index contributed by atoms with van der Waals surface area (Å²) in [5.41, 5.74) is 0. The van der Waals surface area contributed by atoms with Gasteiger partial charge in [-0.25, -0.2) is 4.79 Å². The van der Waals surface area contributed by atoms with Crippen LogP contribution in [0.5, 0.6) is 0 Å². The van der Waals surface area contributed by atoms with Gasteiger partial charge in [-0.1, -0.05) is 11.8 Å². The maximum absolute atomic E-state index is 11.5. The average molecular weight is 250 g/mol. The molecular weight excluding hydrogens is 240 g/mol. The Hall–Kier alpha value is -1.93. The number of ketones is 1.